The van der Waals surface area contributed by atoms with Crippen LogP contribution in [0, 0.1) is 23.7 Å². The number of fused-ring (bicyclic) bond motifs is 2. The molecule has 1 unspecified atom stereocenters. The number of anilines is 1. The second-order valence-corrected chi connectivity index (χ2v) is 12.0. The van der Waals surface area contributed by atoms with Crippen molar-refractivity contribution in [3.8, 4) is 5.75 Å². The topological polar surface area (TPSA) is 73.8 Å². The molecule has 0 amide bonds. The van der Waals surface area contributed by atoms with Crippen molar-refractivity contribution in [1.82, 2.24) is 4.90 Å². The van der Waals surface area contributed by atoms with Crippen molar-refractivity contribution >= 4 is 11.6 Å². The summed E-state index contributed by atoms with van der Waals surface area (Å²) in [6.07, 6.45) is 1.21. The number of aliphatic imine (C=N–C) groups is 1. The van der Waals surface area contributed by atoms with Gasteiger partial charge in [0.1, 0.15) is 5.75 Å². The molecule has 1 aromatic carbocycles. The minimum Gasteiger partial charge on any atom is -0.406 e. The Labute approximate surface area is 227 Å². The molecule has 7 rings (SSSR count). The molecule has 5 aliphatic heterocycles. The summed E-state index contributed by atoms with van der Waals surface area (Å²) in [5.74, 6) is 0.453. The molecule has 5 heterocycles. The molecule has 2 bridgehead atoms. The van der Waals surface area contributed by atoms with Gasteiger partial charge >= 0.3 is 6.36 Å². The lowest BCUT2D eigenvalue weighted by molar-refractivity contribution is -0.570. The molecule has 1 spiro atoms. The molecule has 6 aliphatic rings. The van der Waals surface area contributed by atoms with E-state index in [9.17, 15) is 13.2 Å². The van der Waals surface area contributed by atoms with E-state index in [0.717, 1.165) is 58.0 Å². The van der Waals surface area contributed by atoms with Crippen LogP contribution in [-0.4, -0.2) is 54.2 Å². The third-order valence-electron chi connectivity index (χ3n) is 9.37. The molecule has 39 heavy (non-hydrogen) atoms. The molecule has 5 saturated heterocycles. The molecule has 1 aromatic rings. The molecule has 0 aromatic heterocycles. The van der Waals surface area contributed by atoms with Gasteiger partial charge < -0.3 is 24.4 Å². The lowest BCUT2D eigenvalue weighted by Crippen LogP contribution is -2.70. The van der Waals surface area contributed by atoms with Crippen LogP contribution >= 0.6 is 0 Å². The van der Waals surface area contributed by atoms with E-state index in [2.05, 4.69) is 28.8 Å². The molecule has 8 nitrogen and oxygen atoms in total. The summed E-state index contributed by atoms with van der Waals surface area (Å²) in [5.41, 5.74) is -0.0408. The average molecular weight is 554 g/mol. The minimum absolute atomic E-state index is 0.0371. The SMILES string of the molecule is C[C@H]1[C@@H](/N=C(/Nc2ccc(OC(F)(F)F)cc2)N2CCCCC2)O[C@@H]2O[C@]3(C)CC[C@H]4[C@H](C)CC[C@@H]1C24OO3. The summed E-state index contributed by atoms with van der Waals surface area (Å²) >= 11 is 0. The maximum absolute atomic E-state index is 12.6. The Morgan fingerprint density at radius 2 is 1.77 bits per heavy atom. The van der Waals surface area contributed by atoms with Gasteiger partial charge in [-0.15, -0.1) is 13.2 Å². The smallest absolute Gasteiger partial charge is 0.406 e. The number of hydrogen-bond donors (Lipinski definition) is 1. The first kappa shape index (κ1) is 27.1. The van der Waals surface area contributed by atoms with Gasteiger partial charge in [-0.2, -0.15) is 0 Å². The van der Waals surface area contributed by atoms with Crippen molar-refractivity contribution < 1.29 is 37.2 Å². The molecule has 11 heteroatoms. The van der Waals surface area contributed by atoms with Crippen molar-refractivity contribution in [1.29, 1.82) is 0 Å². The Balaban J connectivity index is 1.29. The van der Waals surface area contributed by atoms with E-state index in [1.165, 1.54) is 12.1 Å². The second-order valence-electron chi connectivity index (χ2n) is 12.0. The van der Waals surface area contributed by atoms with Gasteiger partial charge in [0.25, 0.3) is 0 Å². The average Bonchev–Trinajstić information content (AvgIpc) is 3.13. The Kier molecular flexibility index (Phi) is 7.01. The van der Waals surface area contributed by atoms with Gasteiger partial charge in [-0.1, -0.05) is 13.8 Å². The number of hydrogen-bond acceptors (Lipinski definition) is 6. The third-order valence-corrected chi connectivity index (χ3v) is 9.37. The van der Waals surface area contributed by atoms with Crippen LogP contribution in [0.1, 0.15) is 65.7 Å². The third kappa shape index (κ3) is 5.11. The summed E-state index contributed by atoms with van der Waals surface area (Å²) in [4.78, 5) is 19.5. The number of rotatable bonds is 3. The van der Waals surface area contributed by atoms with Crippen molar-refractivity contribution in [3.63, 3.8) is 0 Å². The zero-order valence-corrected chi connectivity index (χ0v) is 22.7. The van der Waals surface area contributed by atoms with Crippen LogP contribution in [0.5, 0.6) is 5.75 Å². The highest BCUT2D eigenvalue weighted by Gasteiger charge is 2.69. The summed E-state index contributed by atoms with van der Waals surface area (Å²) in [6, 6.07) is 5.72. The Hall–Kier alpha value is -2.08. The van der Waals surface area contributed by atoms with E-state index in [4.69, 9.17) is 24.2 Å². The first-order valence-corrected chi connectivity index (χ1v) is 14.2. The summed E-state index contributed by atoms with van der Waals surface area (Å²) < 4.78 is 55.0. The van der Waals surface area contributed by atoms with E-state index < -0.39 is 30.3 Å². The highest BCUT2D eigenvalue weighted by atomic mass is 19.4. The number of likely N-dealkylation sites (tertiary alicyclic amines) is 1. The van der Waals surface area contributed by atoms with Crippen LogP contribution in [0.2, 0.25) is 0 Å². The summed E-state index contributed by atoms with van der Waals surface area (Å²) in [5, 5.41) is 3.36. The first-order valence-electron chi connectivity index (χ1n) is 14.2. The molecule has 1 aliphatic carbocycles. The fraction of sp³-hybridized carbons (Fsp3) is 0.750. The highest BCUT2D eigenvalue weighted by Crippen LogP contribution is 2.60. The number of guanidine groups is 1. The number of piperidine rings is 1. The predicted octanol–water partition coefficient (Wildman–Crippen LogP) is 6.05. The zero-order valence-electron chi connectivity index (χ0n) is 22.7. The van der Waals surface area contributed by atoms with Crippen LogP contribution in [-0.2, 0) is 19.2 Å². The van der Waals surface area contributed by atoms with Crippen molar-refractivity contribution in [2.45, 2.75) is 96.0 Å². The maximum Gasteiger partial charge on any atom is 0.573 e. The Morgan fingerprint density at radius 3 is 2.49 bits per heavy atom. The van der Waals surface area contributed by atoms with Gasteiger partial charge in [-0.3, -0.25) is 0 Å². The molecule has 0 radical (unpaired) electrons. The van der Waals surface area contributed by atoms with Crippen LogP contribution < -0.4 is 10.1 Å². The van der Waals surface area contributed by atoms with E-state index >= 15 is 0 Å². The molecule has 6 fully saturated rings. The van der Waals surface area contributed by atoms with Crippen molar-refractivity contribution in [3.05, 3.63) is 24.3 Å². The van der Waals surface area contributed by atoms with Gasteiger partial charge in [-0.25, -0.2) is 14.8 Å². The van der Waals surface area contributed by atoms with E-state index in [1.54, 1.807) is 12.1 Å². The van der Waals surface area contributed by atoms with Crippen molar-refractivity contribution in [2.75, 3.05) is 18.4 Å². The molecule has 1 saturated carbocycles. The number of nitrogens with one attached hydrogen (secondary N) is 1. The molecule has 8 atom stereocenters. The largest absolute Gasteiger partial charge is 0.573 e. The van der Waals surface area contributed by atoms with Crippen LogP contribution in [0.4, 0.5) is 18.9 Å². The predicted molar refractivity (Wildman–Crippen MR) is 136 cm³/mol. The number of benzene rings is 1. The maximum atomic E-state index is 12.6. The van der Waals surface area contributed by atoms with E-state index in [0.29, 0.717) is 17.6 Å². The van der Waals surface area contributed by atoms with Gasteiger partial charge in [0.2, 0.25) is 11.7 Å². The van der Waals surface area contributed by atoms with E-state index in [-0.39, 0.29) is 23.5 Å². The van der Waals surface area contributed by atoms with Crippen LogP contribution in [0.15, 0.2) is 29.3 Å². The molecule has 216 valence electrons. The lowest BCUT2D eigenvalue weighted by atomic mass is 9.58. The van der Waals surface area contributed by atoms with E-state index in [1.807, 2.05) is 6.92 Å². The van der Waals surface area contributed by atoms with Gasteiger partial charge in [0.15, 0.2) is 18.1 Å². The van der Waals surface area contributed by atoms with Crippen LogP contribution in [0.3, 0.4) is 0 Å². The van der Waals surface area contributed by atoms with Gasteiger partial charge in [-0.05, 0) is 81.5 Å². The van der Waals surface area contributed by atoms with Gasteiger partial charge in [0, 0.05) is 37.0 Å². The summed E-state index contributed by atoms with van der Waals surface area (Å²) in [7, 11) is 0. The minimum atomic E-state index is -4.73. The monoisotopic (exact) mass is 553 g/mol. The normalized spacial score (nSPS) is 40.6. The molecular weight excluding hydrogens is 515 g/mol. The van der Waals surface area contributed by atoms with Crippen LogP contribution in [0.25, 0.3) is 0 Å². The molecule has 1 N–H and O–H groups in total. The Bertz CT molecular complexity index is 1070. The second kappa shape index (κ2) is 10.1. The number of alkyl halides is 3. The fourth-order valence-corrected chi connectivity index (χ4v) is 7.32. The number of nitrogens with zero attached hydrogens (tertiary/aromatic N) is 2. The first-order chi connectivity index (χ1) is 18.6. The number of halogens is 3. The quantitative estimate of drug-likeness (QED) is 0.278. The zero-order chi connectivity index (χ0) is 27.4. The standard InChI is InChI=1S/C28H38F3N3O5/c1-17-7-12-22-18(2)23(35-24-27(22)21(17)13-14-26(3,37-24)38-39-27)33-25(34-15-5-4-6-16-34)32-19-8-10-20(11-9-19)36-28(29,30)31/h8-11,17-18,21-24H,4-7,12-16H2,1-3H3,(H,32,33)/t17-,18-,21+,22+,23+,24-,26+,27?/m1/s1. The summed E-state index contributed by atoms with van der Waals surface area (Å²) in [6.45, 7) is 8.03. The fourth-order valence-electron chi connectivity index (χ4n) is 7.32. The van der Waals surface area contributed by atoms with Gasteiger partial charge in [0.05, 0.1) is 0 Å². The number of ether oxygens (including phenoxy) is 3. The lowest BCUT2D eigenvalue weighted by Gasteiger charge is -2.59. The Morgan fingerprint density at radius 1 is 1.03 bits per heavy atom. The van der Waals surface area contributed by atoms with Crippen molar-refractivity contribution in [2.24, 2.45) is 28.7 Å². The highest BCUT2D eigenvalue weighted by molar-refractivity contribution is 5.93. The molecular formula is C28H38F3N3O5.